The molecule has 108 valence electrons. The van der Waals surface area contributed by atoms with Gasteiger partial charge in [0.05, 0.1) is 11.7 Å². The summed E-state index contributed by atoms with van der Waals surface area (Å²) in [5, 5.41) is 3.02. The van der Waals surface area contributed by atoms with E-state index < -0.39 is 0 Å². The van der Waals surface area contributed by atoms with E-state index in [9.17, 15) is 4.79 Å². The third-order valence-electron chi connectivity index (χ3n) is 3.60. The number of likely N-dealkylation sites (tertiary alicyclic amines) is 1. The van der Waals surface area contributed by atoms with Crippen LogP contribution in [0.2, 0.25) is 0 Å². The maximum absolute atomic E-state index is 12.0. The van der Waals surface area contributed by atoms with Gasteiger partial charge in [0.25, 0.3) is 0 Å². The van der Waals surface area contributed by atoms with E-state index >= 15 is 0 Å². The van der Waals surface area contributed by atoms with Gasteiger partial charge in [0.1, 0.15) is 0 Å². The highest BCUT2D eigenvalue weighted by atomic mass is 16.1. The third kappa shape index (κ3) is 4.08. The lowest BCUT2D eigenvalue weighted by Crippen LogP contribution is -2.27. The smallest absolute Gasteiger partial charge is 0.245 e. The van der Waals surface area contributed by atoms with Gasteiger partial charge in [0.15, 0.2) is 0 Å². The number of hydrogen-bond acceptors (Lipinski definition) is 3. The third-order valence-corrected chi connectivity index (χ3v) is 3.60. The van der Waals surface area contributed by atoms with Crippen LogP contribution in [0.4, 0.5) is 0 Å². The van der Waals surface area contributed by atoms with Gasteiger partial charge >= 0.3 is 0 Å². The Hall–Kier alpha value is -1.84. The van der Waals surface area contributed by atoms with Crippen LogP contribution in [0.3, 0.4) is 0 Å². The molecule has 1 unspecified atom stereocenters. The standard InChI is InChI=1S/C16H23N3O/c1-3-14(15-12-13(2)6-8-17-15)18-16(20)7-11-19-9-4-5-10-19/h6-8,11-12,14H,3-5,9-10H2,1-2H3,(H,18,20)/b11-7+. The predicted molar refractivity (Wildman–Crippen MR) is 80.1 cm³/mol. The summed E-state index contributed by atoms with van der Waals surface area (Å²) in [5.41, 5.74) is 2.09. The zero-order valence-corrected chi connectivity index (χ0v) is 12.3. The first-order valence-electron chi connectivity index (χ1n) is 7.34. The summed E-state index contributed by atoms with van der Waals surface area (Å²) in [5.74, 6) is -0.0490. The molecule has 2 heterocycles. The number of nitrogens with zero attached hydrogens (tertiary/aromatic N) is 2. The number of carbonyl (C=O) groups is 1. The van der Waals surface area contributed by atoms with Crippen molar-refractivity contribution in [1.29, 1.82) is 0 Å². The molecule has 1 aliphatic rings. The molecule has 0 aliphatic carbocycles. The van der Waals surface area contributed by atoms with Gasteiger partial charge in [-0.2, -0.15) is 0 Å². The lowest BCUT2D eigenvalue weighted by atomic mass is 10.1. The number of rotatable bonds is 5. The van der Waals surface area contributed by atoms with E-state index in [-0.39, 0.29) is 11.9 Å². The molecule has 4 nitrogen and oxygen atoms in total. The van der Waals surface area contributed by atoms with Crippen molar-refractivity contribution >= 4 is 5.91 Å². The van der Waals surface area contributed by atoms with Crippen LogP contribution >= 0.6 is 0 Å². The Balaban J connectivity index is 1.93. The quantitative estimate of drug-likeness (QED) is 0.839. The number of pyridine rings is 1. The van der Waals surface area contributed by atoms with Crippen molar-refractivity contribution in [2.75, 3.05) is 13.1 Å². The first-order chi connectivity index (χ1) is 9.69. The van der Waals surface area contributed by atoms with Crippen LogP contribution < -0.4 is 5.32 Å². The van der Waals surface area contributed by atoms with Crippen LogP contribution in [0.15, 0.2) is 30.6 Å². The molecule has 0 saturated carbocycles. The summed E-state index contributed by atoms with van der Waals surface area (Å²) in [4.78, 5) is 18.5. The molecular formula is C16H23N3O. The van der Waals surface area contributed by atoms with Crippen LogP contribution in [0.5, 0.6) is 0 Å². The Bertz CT molecular complexity index is 478. The van der Waals surface area contributed by atoms with Crippen molar-refractivity contribution in [3.05, 3.63) is 41.9 Å². The number of amides is 1. The van der Waals surface area contributed by atoms with Crippen LogP contribution in [-0.2, 0) is 4.79 Å². The molecule has 1 amide bonds. The molecule has 20 heavy (non-hydrogen) atoms. The highest BCUT2D eigenvalue weighted by molar-refractivity contribution is 5.87. The molecule has 4 heteroatoms. The van der Waals surface area contributed by atoms with Gasteiger partial charge in [-0.25, -0.2) is 0 Å². The second-order valence-electron chi connectivity index (χ2n) is 5.29. The monoisotopic (exact) mass is 273 g/mol. The number of aryl methyl sites for hydroxylation is 1. The number of carbonyl (C=O) groups excluding carboxylic acids is 1. The summed E-state index contributed by atoms with van der Waals surface area (Å²) in [6.07, 6.45) is 8.59. The molecule has 0 radical (unpaired) electrons. The average molecular weight is 273 g/mol. The van der Waals surface area contributed by atoms with E-state index in [0.717, 1.165) is 30.8 Å². The molecule has 1 aliphatic heterocycles. The summed E-state index contributed by atoms with van der Waals surface area (Å²) >= 11 is 0. The van der Waals surface area contributed by atoms with Crippen molar-refractivity contribution < 1.29 is 4.79 Å². The van der Waals surface area contributed by atoms with Crippen LogP contribution in [-0.4, -0.2) is 28.9 Å². The second kappa shape index (κ2) is 7.08. The highest BCUT2D eigenvalue weighted by Gasteiger charge is 2.13. The molecule has 0 aromatic carbocycles. The minimum absolute atomic E-state index is 0.0226. The molecule has 1 atom stereocenters. The van der Waals surface area contributed by atoms with Gasteiger partial charge in [-0.15, -0.1) is 0 Å². The normalized spacial score (nSPS) is 16.6. The molecule has 1 aromatic rings. The van der Waals surface area contributed by atoms with E-state index in [4.69, 9.17) is 0 Å². The zero-order chi connectivity index (χ0) is 14.4. The Morgan fingerprint density at radius 3 is 2.90 bits per heavy atom. The fourth-order valence-electron chi connectivity index (χ4n) is 2.42. The molecule has 0 spiro atoms. The zero-order valence-electron chi connectivity index (χ0n) is 12.3. The van der Waals surface area contributed by atoms with Gasteiger partial charge in [-0.3, -0.25) is 9.78 Å². The maximum atomic E-state index is 12.0. The summed E-state index contributed by atoms with van der Waals surface area (Å²) < 4.78 is 0. The second-order valence-corrected chi connectivity index (χ2v) is 5.29. The number of nitrogens with one attached hydrogen (secondary N) is 1. The molecule has 1 aromatic heterocycles. The maximum Gasteiger partial charge on any atom is 0.245 e. The topological polar surface area (TPSA) is 45.2 Å². The SMILES string of the molecule is CCC(NC(=O)/C=C/N1CCCC1)c1cc(C)ccn1. The summed E-state index contributed by atoms with van der Waals surface area (Å²) in [7, 11) is 0. The largest absolute Gasteiger partial charge is 0.377 e. The van der Waals surface area contributed by atoms with Crippen LogP contribution in [0.1, 0.15) is 43.5 Å². The first kappa shape index (κ1) is 14.6. The molecule has 2 rings (SSSR count). The van der Waals surface area contributed by atoms with Crippen molar-refractivity contribution in [1.82, 2.24) is 15.2 Å². The summed E-state index contributed by atoms with van der Waals surface area (Å²) in [6, 6.07) is 3.97. The minimum atomic E-state index is -0.0490. The van der Waals surface area contributed by atoms with Crippen molar-refractivity contribution in [2.45, 2.75) is 39.2 Å². The number of hydrogen-bond donors (Lipinski definition) is 1. The van der Waals surface area contributed by atoms with Crippen molar-refractivity contribution in [3.63, 3.8) is 0 Å². The van der Waals surface area contributed by atoms with Gasteiger partial charge < -0.3 is 10.2 Å². The lowest BCUT2D eigenvalue weighted by Gasteiger charge is -2.16. The Labute approximate surface area is 120 Å². The molecule has 1 fully saturated rings. The van der Waals surface area contributed by atoms with E-state index in [2.05, 4.69) is 22.1 Å². The number of aromatic nitrogens is 1. The molecular weight excluding hydrogens is 250 g/mol. The van der Waals surface area contributed by atoms with Gasteiger partial charge in [-0.1, -0.05) is 6.92 Å². The van der Waals surface area contributed by atoms with Crippen LogP contribution in [0, 0.1) is 6.92 Å². The molecule has 1 N–H and O–H groups in total. The van der Waals surface area contributed by atoms with E-state index in [0.29, 0.717) is 0 Å². The summed E-state index contributed by atoms with van der Waals surface area (Å²) in [6.45, 7) is 6.20. The minimum Gasteiger partial charge on any atom is -0.377 e. The van der Waals surface area contributed by atoms with E-state index in [1.54, 1.807) is 12.3 Å². The van der Waals surface area contributed by atoms with Gasteiger partial charge in [0.2, 0.25) is 5.91 Å². The predicted octanol–water partition coefficient (Wildman–Crippen LogP) is 2.57. The Kier molecular flexibility index (Phi) is 5.16. The first-order valence-corrected chi connectivity index (χ1v) is 7.34. The van der Waals surface area contributed by atoms with Crippen molar-refractivity contribution in [2.24, 2.45) is 0 Å². The molecule has 0 bridgehead atoms. The van der Waals surface area contributed by atoms with Gasteiger partial charge in [0, 0.05) is 31.6 Å². The Morgan fingerprint density at radius 2 is 2.25 bits per heavy atom. The fraction of sp³-hybridized carbons (Fsp3) is 0.500. The molecule has 1 saturated heterocycles. The van der Waals surface area contributed by atoms with Gasteiger partial charge in [-0.05, 0) is 43.9 Å². The Morgan fingerprint density at radius 1 is 1.50 bits per heavy atom. The van der Waals surface area contributed by atoms with E-state index in [1.165, 1.54) is 12.8 Å². The highest BCUT2D eigenvalue weighted by Crippen LogP contribution is 2.15. The lowest BCUT2D eigenvalue weighted by molar-refractivity contribution is -0.117. The van der Waals surface area contributed by atoms with Crippen molar-refractivity contribution in [3.8, 4) is 0 Å². The fourth-order valence-corrected chi connectivity index (χ4v) is 2.42. The van der Waals surface area contributed by atoms with E-state index in [1.807, 2.05) is 25.3 Å². The van der Waals surface area contributed by atoms with Crippen LogP contribution in [0.25, 0.3) is 0 Å². The average Bonchev–Trinajstić information content (AvgIpc) is 2.96.